The van der Waals surface area contributed by atoms with Gasteiger partial charge in [0.15, 0.2) is 0 Å². The molecule has 2 aromatic heterocycles. The summed E-state index contributed by atoms with van der Waals surface area (Å²) in [6.07, 6.45) is 3.50. The Morgan fingerprint density at radius 2 is 1.96 bits per heavy atom. The maximum absolute atomic E-state index is 12.7. The summed E-state index contributed by atoms with van der Waals surface area (Å²) < 4.78 is 6.65. The molecule has 0 saturated carbocycles. The number of hydrogen-bond acceptors (Lipinski definition) is 4. The molecule has 1 N–H and O–H groups in total. The first-order valence-electron chi connectivity index (χ1n) is 8.93. The molecule has 0 aliphatic carbocycles. The van der Waals surface area contributed by atoms with Crippen molar-refractivity contribution in [3.63, 3.8) is 0 Å². The fourth-order valence-corrected chi connectivity index (χ4v) is 4.77. The van der Waals surface area contributed by atoms with E-state index in [2.05, 4.69) is 16.8 Å². The first-order chi connectivity index (χ1) is 11.7. The summed E-state index contributed by atoms with van der Waals surface area (Å²) in [5.74, 6) is 0.160. The fourth-order valence-electron chi connectivity index (χ4n) is 3.70. The number of piperidine rings is 1. The van der Waals surface area contributed by atoms with Gasteiger partial charge in [-0.25, -0.2) is 0 Å². The maximum atomic E-state index is 12.7. The third-order valence-electron chi connectivity index (χ3n) is 5.13. The Morgan fingerprint density at radius 1 is 1.21 bits per heavy atom. The van der Waals surface area contributed by atoms with Gasteiger partial charge in [-0.15, -0.1) is 11.3 Å². The summed E-state index contributed by atoms with van der Waals surface area (Å²) in [7, 11) is 0. The van der Waals surface area contributed by atoms with Gasteiger partial charge in [-0.3, -0.25) is 9.69 Å². The molecule has 0 radical (unpaired) electrons. The number of nitrogens with zero attached hydrogens (tertiary/aromatic N) is 2. The normalized spacial score (nSPS) is 20.0. The number of aryl methyl sites for hydroxylation is 1. The van der Waals surface area contributed by atoms with E-state index in [0.29, 0.717) is 0 Å². The Bertz CT molecular complexity index is 724. The van der Waals surface area contributed by atoms with Crippen LogP contribution < -0.4 is 0 Å². The molecule has 2 aromatic rings. The molecule has 2 aliphatic heterocycles. The number of aromatic amines is 1. The monoisotopic (exact) mass is 347 g/mol. The molecule has 1 amide bonds. The van der Waals surface area contributed by atoms with Crippen LogP contribution in [0.15, 0.2) is 6.07 Å². The zero-order valence-electron chi connectivity index (χ0n) is 14.3. The van der Waals surface area contributed by atoms with Crippen LogP contribution in [-0.2, 0) is 11.3 Å². The topological polar surface area (TPSA) is 48.6 Å². The molecule has 4 rings (SSSR count). The number of ether oxygens (including phenoxy) is 1. The minimum Gasteiger partial charge on any atom is -0.379 e. The highest BCUT2D eigenvalue weighted by Gasteiger charge is 2.22. The number of carbonyl (C=O) groups excluding carboxylic acids is 1. The maximum Gasteiger partial charge on any atom is 0.270 e. The van der Waals surface area contributed by atoms with Crippen molar-refractivity contribution in [3.05, 3.63) is 22.2 Å². The first-order valence-corrected chi connectivity index (χ1v) is 9.74. The highest BCUT2D eigenvalue weighted by molar-refractivity contribution is 7.19. The number of fused-ring (bicyclic) bond motifs is 1. The van der Waals surface area contributed by atoms with Crippen molar-refractivity contribution in [2.45, 2.75) is 32.7 Å². The van der Waals surface area contributed by atoms with E-state index in [9.17, 15) is 4.79 Å². The quantitative estimate of drug-likeness (QED) is 0.928. The van der Waals surface area contributed by atoms with E-state index in [-0.39, 0.29) is 5.91 Å². The summed E-state index contributed by atoms with van der Waals surface area (Å²) >= 11 is 1.79. The van der Waals surface area contributed by atoms with Gasteiger partial charge in [0.1, 0.15) is 5.69 Å². The third kappa shape index (κ3) is 3.10. The molecule has 0 bridgehead atoms. The van der Waals surface area contributed by atoms with Crippen LogP contribution in [0.1, 0.15) is 40.2 Å². The Morgan fingerprint density at radius 3 is 2.71 bits per heavy atom. The summed E-state index contributed by atoms with van der Waals surface area (Å²) in [6.45, 7) is 8.50. The van der Waals surface area contributed by atoms with Crippen molar-refractivity contribution < 1.29 is 9.53 Å². The number of rotatable bonds is 3. The van der Waals surface area contributed by atoms with Crippen LogP contribution in [0.5, 0.6) is 0 Å². The van der Waals surface area contributed by atoms with E-state index in [4.69, 9.17) is 4.74 Å². The number of thiophene rings is 1. The molecule has 0 atom stereocenters. The van der Waals surface area contributed by atoms with E-state index in [1.807, 2.05) is 11.0 Å². The number of aromatic nitrogens is 1. The number of H-pyrrole nitrogens is 1. The molecule has 2 fully saturated rings. The lowest BCUT2D eigenvalue weighted by molar-refractivity contribution is 0.0343. The molecule has 2 saturated heterocycles. The number of likely N-dealkylation sites (tertiary alicyclic amines) is 1. The van der Waals surface area contributed by atoms with Crippen molar-refractivity contribution in [1.29, 1.82) is 0 Å². The minimum atomic E-state index is 0.160. The smallest absolute Gasteiger partial charge is 0.270 e. The highest BCUT2D eigenvalue weighted by atomic mass is 32.1. The molecule has 0 unspecified atom stereocenters. The van der Waals surface area contributed by atoms with Crippen LogP contribution in [0.25, 0.3) is 10.2 Å². The Hall–Kier alpha value is -1.37. The molecule has 5 nitrogen and oxygen atoms in total. The van der Waals surface area contributed by atoms with Gasteiger partial charge in [0.05, 0.1) is 23.4 Å². The largest absolute Gasteiger partial charge is 0.379 e. The molecule has 6 heteroatoms. The average molecular weight is 347 g/mol. The van der Waals surface area contributed by atoms with Gasteiger partial charge in [-0.05, 0) is 32.3 Å². The Labute approximate surface area is 146 Å². The van der Waals surface area contributed by atoms with Gasteiger partial charge in [0.25, 0.3) is 5.91 Å². The zero-order valence-corrected chi connectivity index (χ0v) is 15.1. The second-order valence-electron chi connectivity index (χ2n) is 6.80. The van der Waals surface area contributed by atoms with Gasteiger partial charge >= 0.3 is 0 Å². The lowest BCUT2D eigenvalue weighted by Crippen LogP contribution is -2.36. The van der Waals surface area contributed by atoms with E-state index in [1.165, 1.54) is 21.6 Å². The van der Waals surface area contributed by atoms with Crippen LogP contribution in [0.4, 0.5) is 0 Å². The Balaban J connectivity index is 1.57. The second kappa shape index (κ2) is 6.86. The average Bonchev–Trinajstić information content (AvgIpc) is 3.15. The zero-order chi connectivity index (χ0) is 16.5. The predicted octanol–water partition coefficient (Wildman–Crippen LogP) is 3.00. The molecule has 130 valence electrons. The van der Waals surface area contributed by atoms with Gasteiger partial charge < -0.3 is 14.6 Å². The van der Waals surface area contributed by atoms with Crippen molar-refractivity contribution in [3.8, 4) is 0 Å². The summed E-state index contributed by atoms with van der Waals surface area (Å²) in [5.41, 5.74) is 3.25. The van der Waals surface area contributed by atoms with E-state index >= 15 is 0 Å². The number of nitrogens with one attached hydrogen (secondary N) is 1. The predicted molar refractivity (Wildman–Crippen MR) is 96.8 cm³/mol. The molecular formula is C18H25N3O2S. The molecular weight excluding hydrogens is 322 g/mol. The first kappa shape index (κ1) is 16.1. The van der Waals surface area contributed by atoms with Crippen LogP contribution in [-0.4, -0.2) is 60.1 Å². The number of hydrogen-bond donors (Lipinski definition) is 1. The molecule has 4 heterocycles. The minimum absolute atomic E-state index is 0.160. The summed E-state index contributed by atoms with van der Waals surface area (Å²) in [6, 6.07) is 2.05. The van der Waals surface area contributed by atoms with Crippen LogP contribution in [0, 0.1) is 6.92 Å². The van der Waals surface area contributed by atoms with Gasteiger partial charge in [-0.2, -0.15) is 0 Å². The van der Waals surface area contributed by atoms with Crippen LogP contribution in [0.3, 0.4) is 0 Å². The number of morpholine rings is 1. The number of carbonyl (C=O) groups is 1. The van der Waals surface area contributed by atoms with E-state index in [1.54, 1.807) is 11.3 Å². The fraction of sp³-hybridized carbons (Fsp3) is 0.611. The van der Waals surface area contributed by atoms with Gasteiger partial charge in [0.2, 0.25) is 0 Å². The van der Waals surface area contributed by atoms with E-state index in [0.717, 1.165) is 70.0 Å². The van der Waals surface area contributed by atoms with Crippen molar-refractivity contribution in [1.82, 2.24) is 14.8 Å². The van der Waals surface area contributed by atoms with Crippen molar-refractivity contribution in [2.75, 3.05) is 39.4 Å². The SMILES string of the molecule is Cc1sc2cc(C(=O)N3CCCCC3)[nH]c2c1CN1CCOCC1. The molecule has 24 heavy (non-hydrogen) atoms. The summed E-state index contributed by atoms with van der Waals surface area (Å²) in [5, 5.41) is 0. The van der Waals surface area contributed by atoms with Crippen LogP contribution in [0.2, 0.25) is 0 Å². The lowest BCUT2D eigenvalue weighted by Gasteiger charge is -2.26. The summed E-state index contributed by atoms with van der Waals surface area (Å²) in [4.78, 5) is 21.9. The molecule has 2 aliphatic rings. The molecule has 0 spiro atoms. The second-order valence-corrected chi connectivity index (χ2v) is 8.06. The molecule has 0 aromatic carbocycles. The van der Waals surface area contributed by atoms with E-state index < -0.39 is 0 Å². The lowest BCUT2D eigenvalue weighted by atomic mass is 10.1. The van der Waals surface area contributed by atoms with Crippen molar-refractivity contribution >= 4 is 27.5 Å². The Kier molecular flexibility index (Phi) is 4.61. The standard InChI is InChI=1S/C18H25N3O2S/c1-13-14(12-20-7-9-23-10-8-20)17-16(24-13)11-15(19-17)18(22)21-5-3-2-4-6-21/h11,19H,2-10,12H2,1H3. The highest BCUT2D eigenvalue weighted by Crippen LogP contribution is 2.32. The van der Waals surface area contributed by atoms with Gasteiger partial charge in [-0.1, -0.05) is 0 Å². The van der Waals surface area contributed by atoms with Crippen molar-refractivity contribution in [2.24, 2.45) is 0 Å². The third-order valence-corrected chi connectivity index (χ3v) is 6.22. The number of amides is 1. The van der Waals surface area contributed by atoms with Gasteiger partial charge in [0, 0.05) is 43.2 Å². The van der Waals surface area contributed by atoms with Crippen LogP contribution >= 0.6 is 11.3 Å².